The summed E-state index contributed by atoms with van der Waals surface area (Å²) in [4.78, 5) is 28.3. The maximum absolute atomic E-state index is 12.8. The molecular formula is C26H33N7O. The van der Waals surface area contributed by atoms with E-state index in [1.165, 1.54) is 0 Å². The van der Waals surface area contributed by atoms with Gasteiger partial charge in [0.15, 0.2) is 0 Å². The molecule has 0 aliphatic heterocycles. The van der Waals surface area contributed by atoms with Crippen molar-refractivity contribution in [3.63, 3.8) is 0 Å². The van der Waals surface area contributed by atoms with Crippen molar-refractivity contribution >= 4 is 23.1 Å². The Morgan fingerprint density at radius 2 is 2.03 bits per heavy atom. The molecule has 0 saturated carbocycles. The fourth-order valence-electron chi connectivity index (χ4n) is 3.64. The molecule has 0 spiro atoms. The molecule has 8 heteroatoms. The van der Waals surface area contributed by atoms with Crippen molar-refractivity contribution < 1.29 is 4.79 Å². The number of nitrogens with one attached hydrogen (secondary N) is 1. The van der Waals surface area contributed by atoms with Gasteiger partial charge in [0.05, 0.1) is 6.04 Å². The molecule has 0 bridgehead atoms. The number of hydrogen-bond acceptors (Lipinski definition) is 6. The fourth-order valence-corrected chi connectivity index (χ4v) is 3.64. The van der Waals surface area contributed by atoms with Crippen molar-refractivity contribution in [1.82, 2.24) is 24.6 Å². The van der Waals surface area contributed by atoms with Crippen LogP contribution in [0.4, 0.5) is 5.82 Å². The van der Waals surface area contributed by atoms with Gasteiger partial charge < -0.3 is 11.1 Å². The number of nitrogens with two attached hydrogens (primary N) is 1. The number of benzene rings is 1. The number of rotatable bonds is 8. The molecule has 178 valence electrons. The third-order valence-corrected chi connectivity index (χ3v) is 5.78. The third kappa shape index (κ3) is 5.23. The van der Waals surface area contributed by atoms with Crippen molar-refractivity contribution in [3.8, 4) is 11.3 Å². The van der Waals surface area contributed by atoms with E-state index in [0.717, 1.165) is 41.0 Å². The molecule has 1 atom stereocenters. The van der Waals surface area contributed by atoms with Crippen LogP contribution < -0.4 is 11.1 Å². The van der Waals surface area contributed by atoms with E-state index in [2.05, 4.69) is 40.6 Å². The molecule has 1 aromatic carbocycles. The van der Waals surface area contributed by atoms with Gasteiger partial charge in [-0.15, -0.1) is 0 Å². The number of carbonyl (C=O) groups is 1. The number of fused-ring (bicyclic) bond motifs is 1. The molecule has 0 aliphatic carbocycles. The Morgan fingerprint density at radius 1 is 1.32 bits per heavy atom. The Balaban J connectivity index is 1.91. The average Bonchev–Trinajstić information content (AvgIpc) is 3.23. The summed E-state index contributed by atoms with van der Waals surface area (Å²) in [7, 11) is 5.66. The van der Waals surface area contributed by atoms with Crippen LogP contribution in [0.15, 0.2) is 66.0 Å². The SMILES string of the molecule is C=C/C(=C\C(=NC)NC(=O)c1ccc(-c2nc([C@H](C)N(C)C)n3ccnc(N)c23)cc1)CCC. The zero-order valence-electron chi connectivity index (χ0n) is 20.5. The fraction of sp³-hybridized carbons (Fsp3) is 0.308. The molecule has 2 heterocycles. The van der Waals surface area contributed by atoms with Crippen molar-refractivity contribution in [1.29, 1.82) is 0 Å². The first kappa shape index (κ1) is 24.9. The van der Waals surface area contributed by atoms with E-state index in [4.69, 9.17) is 10.7 Å². The first-order chi connectivity index (χ1) is 16.3. The van der Waals surface area contributed by atoms with Gasteiger partial charge in [-0.1, -0.05) is 38.1 Å². The molecule has 0 aliphatic rings. The summed E-state index contributed by atoms with van der Waals surface area (Å²) >= 11 is 0. The minimum Gasteiger partial charge on any atom is -0.382 e. The monoisotopic (exact) mass is 459 g/mol. The lowest BCUT2D eigenvalue weighted by Gasteiger charge is -2.18. The highest BCUT2D eigenvalue weighted by Crippen LogP contribution is 2.31. The number of allylic oxidation sites excluding steroid dienone is 2. The van der Waals surface area contributed by atoms with Gasteiger partial charge in [-0.3, -0.25) is 19.1 Å². The zero-order valence-corrected chi connectivity index (χ0v) is 20.5. The molecule has 0 saturated heterocycles. The maximum Gasteiger partial charge on any atom is 0.256 e. The van der Waals surface area contributed by atoms with Crippen LogP contribution >= 0.6 is 0 Å². The highest BCUT2D eigenvalue weighted by atomic mass is 16.1. The molecule has 3 N–H and O–H groups in total. The van der Waals surface area contributed by atoms with E-state index in [1.807, 2.05) is 42.9 Å². The van der Waals surface area contributed by atoms with E-state index < -0.39 is 0 Å². The number of aliphatic imine (C=N–C) groups is 1. The Kier molecular flexibility index (Phi) is 7.96. The Morgan fingerprint density at radius 3 is 2.62 bits per heavy atom. The van der Waals surface area contributed by atoms with Crippen molar-refractivity contribution in [2.45, 2.75) is 32.7 Å². The second-order valence-electron chi connectivity index (χ2n) is 8.30. The number of nitrogens with zero attached hydrogens (tertiary/aromatic N) is 5. The number of anilines is 1. The third-order valence-electron chi connectivity index (χ3n) is 5.78. The van der Waals surface area contributed by atoms with Gasteiger partial charge in [0.25, 0.3) is 5.91 Å². The van der Waals surface area contributed by atoms with Gasteiger partial charge in [0.2, 0.25) is 0 Å². The van der Waals surface area contributed by atoms with E-state index in [1.54, 1.807) is 31.5 Å². The number of imidazole rings is 1. The van der Waals surface area contributed by atoms with Crippen molar-refractivity contribution in [2.24, 2.45) is 4.99 Å². The van der Waals surface area contributed by atoms with Gasteiger partial charge in [0, 0.05) is 30.6 Å². The number of amidine groups is 1. The second-order valence-corrected chi connectivity index (χ2v) is 8.30. The lowest BCUT2D eigenvalue weighted by Crippen LogP contribution is -2.29. The minimum absolute atomic E-state index is 0.0704. The van der Waals surface area contributed by atoms with Gasteiger partial charge in [-0.25, -0.2) is 9.97 Å². The number of aromatic nitrogens is 3. The second kappa shape index (κ2) is 10.9. The summed E-state index contributed by atoms with van der Waals surface area (Å²) < 4.78 is 1.98. The predicted molar refractivity (Wildman–Crippen MR) is 139 cm³/mol. The van der Waals surface area contributed by atoms with Crippen LogP contribution in [0.25, 0.3) is 16.8 Å². The molecule has 2 aromatic heterocycles. The van der Waals surface area contributed by atoms with Gasteiger partial charge in [0.1, 0.15) is 28.7 Å². The Hall–Kier alpha value is -3.78. The molecule has 3 rings (SSSR count). The quantitative estimate of drug-likeness (QED) is 0.298. The van der Waals surface area contributed by atoms with Crippen LogP contribution in [0, 0.1) is 0 Å². The summed E-state index contributed by atoms with van der Waals surface area (Å²) in [6.45, 7) is 8.01. The number of amides is 1. The molecular weight excluding hydrogens is 426 g/mol. The highest BCUT2D eigenvalue weighted by molar-refractivity contribution is 6.10. The van der Waals surface area contributed by atoms with Crippen LogP contribution in [0.3, 0.4) is 0 Å². The molecule has 34 heavy (non-hydrogen) atoms. The lowest BCUT2D eigenvalue weighted by atomic mass is 10.1. The van der Waals surface area contributed by atoms with Gasteiger partial charge in [-0.2, -0.15) is 0 Å². The summed E-state index contributed by atoms with van der Waals surface area (Å²) in [5, 5.41) is 2.87. The largest absolute Gasteiger partial charge is 0.382 e. The van der Waals surface area contributed by atoms with Gasteiger partial charge in [-0.05, 0) is 51.2 Å². The Bertz CT molecular complexity index is 1240. The Labute approximate surface area is 200 Å². The number of carbonyl (C=O) groups excluding carboxylic acids is 1. The molecule has 1 amide bonds. The van der Waals surface area contributed by atoms with Crippen molar-refractivity contribution in [3.05, 3.63) is 72.4 Å². The summed E-state index contributed by atoms with van der Waals surface area (Å²) in [5.74, 6) is 1.54. The van der Waals surface area contributed by atoms with Crippen LogP contribution in [-0.2, 0) is 0 Å². The van der Waals surface area contributed by atoms with Crippen LogP contribution in [0.5, 0.6) is 0 Å². The standard InChI is InChI=1S/C26H33N7O/c1-7-9-18(8-2)16-21(28-4)30-26(34)20-12-10-19(11-13-20)22-23-24(27)29-14-15-33(23)25(31-22)17(3)32(5)6/h8,10-17H,2,7,9H2,1,3-6H3,(H2,27,29)(H,28,30,34)/b18-16+/t17-/m0/s1. The average molecular weight is 460 g/mol. The molecule has 0 radical (unpaired) electrons. The molecule has 8 nitrogen and oxygen atoms in total. The molecule has 0 unspecified atom stereocenters. The van der Waals surface area contributed by atoms with E-state index in [0.29, 0.717) is 17.2 Å². The number of hydrogen-bond donors (Lipinski definition) is 2. The normalized spacial score (nSPS) is 13.4. The molecule has 3 aromatic rings. The lowest BCUT2D eigenvalue weighted by molar-refractivity contribution is 0.0977. The first-order valence-electron chi connectivity index (χ1n) is 11.3. The summed E-state index contributed by atoms with van der Waals surface area (Å²) in [6.07, 6.45) is 9.04. The highest BCUT2D eigenvalue weighted by Gasteiger charge is 2.21. The van der Waals surface area contributed by atoms with E-state index in [9.17, 15) is 4.79 Å². The maximum atomic E-state index is 12.8. The number of nitrogen functional groups attached to an aromatic ring is 1. The van der Waals surface area contributed by atoms with Crippen LogP contribution in [0.2, 0.25) is 0 Å². The van der Waals surface area contributed by atoms with Crippen LogP contribution in [0.1, 0.15) is 48.9 Å². The first-order valence-corrected chi connectivity index (χ1v) is 11.3. The van der Waals surface area contributed by atoms with E-state index in [-0.39, 0.29) is 11.9 Å². The smallest absolute Gasteiger partial charge is 0.256 e. The predicted octanol–water partition coefficient (Wildman–Crippen LogP) is 4.27. The summed E-state index contributed by atoms with van der Waals surface area (Å²) in [6, 6.07) is 7.36. The minimum atomic E-state index is -0.235. The molecule has 0 fully saturated rings. The van der Waals surface area contributed by atoms with Crippen molar-refractivity contribution in [2.75, 3.05) is 26.9 Å². The topological polar surface area (TPSA) is 101 Å². The zero-order chi connectivity index (χ0) is 24.8. The van der Waals surface area contributed by atoms with Gasteiger partial charge >= 0.3 is 0 Å². The summed E-state index contributed by atoms with van der Waals surface area (Å²) in [5.41, 5.74) is 10.1. The van der Waals surface area contributed by atoms with Crippen LogP contribution in [-0.4, -0.2) is 52.2 Å². The van der Waals surface area contributed by atoms with E-state index >= 15 is 0 Å².